The highest BCUT2D eigenvalue weighted by Gasteiger charge is 2.33. The third kappa shape index (κ3) is 4.88. The molecule has 2 aromatic carbocycles. The number of halogens is 3. The molecule has 0 aliphatic heterocycles. The highest BCUT2D eigenvalue weighted by atomic mass is 19.4. The van der Waals surface area contributed by atoms with E-state index in [9.17, 15) is 18.0 Å². The number of aromatic amines is 1. The molecule has 30 heavy (non-hydrogen) atoms. The summed E-state index contributed by atoms with van der Waals surface area (Å²) in [5.41, 5.74) is 1.45. The standard InChI is InChI=1S/C20H19F3N4O3/c1-11-3-4-13(8-15(11)20(21,22)23)19(16-9-24-27-26-16)25-14-5-6-17(12(2)7-14)30-10-18(28)29/h3-9,19,25H,10H2,1-2H3,(H,28,29)(H,24,26,27). The van der Waals surface area contributed by atoms with E-state index in [-0.39, 0.29) is 5.56 Å². The van der Waals surface area contributed by atoms with Gasteiger partial charge < -0.3 is 15.2 Å². The van der Waals surface area contributed by atoms with Crippen LogP contribution in [0.25, 0.3) is 0 Å². The zero-order valence-electron chi connectivity index (χ0n) is 16.1. The van der Waals surface area contributed by atoms with Gasteiger partial charge in [0.15, 0.2) is 6.61 Å². The molecule has 0 aliphatic carbocycles. The molecule has 10 heteroatoms. The highest BCUT2D eigenvalue weighted by molar-refractivity contribution is 5.68. The number of hydrogen-bond donors (Lipinski definition) is 3. The number of aryl methyl sites for hydroxylation is 2. The number of carbonyl (C=O) groups is 1. The Morgan fingerprint density at radius 1 is 1.20 bits per heavy atom. The summed E-state index contributed by atoms with van der Waals surface area (Å²) >= 11 is 0. The number of anilines is 1. The van der Waals surface area contributed by atoms with E-state index in [1.165, 1.54) is 19.2 Å². The third-order valence-electron chi connectivity index (χ3n) is 4.47. The summed E-state index contributed by atoms with van der Waals surface area (Å²) in [4.78, 5) is 10.7. The Hall–Kier alpha value is -3.56. The predicted octanol–water partition coefficient (Wildman–Crippen LogP) is 4.11. The Balaban J connectivity index is 1.94. The van der Waals surface area contributed by atoms with E-state index in [2.05, 4.69) is 20.7 Å². The zero-order valence-corrected chi connectivity index (χ0v) is 16.1. The number of benzene rings is 2. The van der Waals surface area contributed by atoms with E-state index >= 15 is 0 Å². The number of rotatable bonds is 7. The lowest BCUT2D eigenvalue weighted by Gasteiger charge is -2.21. The number of hydrogen-bond acceptors (Lipinski definition) is 5. The first-order chi connectivity index (χ1) is 14.1. The molecule has 3 aromatic rings. The maximum atomic E-state index is 13.4. The fourth-order valence-corrected chi connectivity index (χ4v) is 3.01. The van der Waals surface area contributed by atoms with Crippen LogP contribution >= 0.6 is 0 Å². The van der Waals surface area contributed by atoms with Gasteiger partial charge in [-0.15, -0.1) is 0 Å². The molecule has 0 saturated heterocycles. The summed E-state index contributed by atoms with van der Waals surface area (Å²) in [6.07, 6.45) is -3.05. The quantitative estimate of drug-likeness (QED) is 0.532. The van der Waals surface area contributed by atoms with E-state index in [0.29, 0.717) is 28.3 Å². The van der Waals surface area contributed by atoms with Crippen molar-refractivity contribution in [3.05, 3.63) is 70.5 Å². The van der Waals surface area contributed by atoms with Crippen LogP contribution in [0.15, 0.2) is 42.6 Å². The molecule has 3 N–H and O–H groups in total. The molecule has 0 radical (unpaired) electrons. The maximum absolute atomic E-state index is 13.4. The Bertz CT molecular complexity index is 1040. The largest absolute Gasteiger partial charge is 0.482 e. The first kappa shape index (κ1) is 21.2. The van der Waals surface area contributed by atoms with Gasteiger partial charge >= 0.3 is 12.1 Å². The molecule has 3 rings (SSSR count). The zero-order chi connectivity index (χ0) is 21.9. The molecule has 0 saturated carbocycles. The SMILES string of the molecule is Cc1cc(NC(c2ccc(C)c(C(F)(F)F)c2)c2cn[nH]n2)ccc1OCC(=O)O. The molecule has 7 nitrogen and oxygen atoms in total. The number of aliphatic carboxylic acids is 1. The number of nitrogens with one attached hydrogen (secondary N) is 2. The van der Waals surface area contributed by atoms with Crippen molar-refractivity contribution in [2.45, 2.75) is 26.1 Å². The van der Waals surface area contributed by atoms with Gasteiger partial charge in [0.05, 0.1) is 17.8 Å². The van der Waals surface area contributed by atoms with Crippen molar-refractivity contribution in [2.75, 3.05) is 11.9 Å². The van der Waals surface area contributed by atoms with Crippen molar-refractivity contribution >= 4 is 11.7 Å². The fourth-order valence-electron chi connectivity index (χ4n) is 3.01. The van der Waals surface area contributed by atoms with Crippen LogP contribution < -0.4 is 10.1 Å². The van der Waals surface area contributed by atoms with Crippen molar-refractivity contribution in [3.8, 4) is 5.75 Å². The number of aromatic nitrogens is 3. The van der Waals surface area contributed by atoms with Crippen LogP contribution in [0.4, 0.5) is 18.9 Å². The molecule has 158 valence electrons. The second kappa shape index (κ2) is 8.44. The summed E-state index contributed by atoms with van der Waals surface area (Å²) in [7, 11) is 0. The number of carboxylic acid groups (broad SMARTS) is 1. The van der Waals surface area contributed by atoms with Crippen molar-refractivity contribution in [3.63, 3.8) is 0 Å². The summed E-state index contributed by atoms with van der Waals surface area (Å²) in [5.74, 6) is -0.696. The van der Waals surface area contributed by atoms with E-state index in [1.54, 1.807) is 31.2 Å². The van der Waals surface area contributed by atoms with Crippen LogP contribution in [0.1, 0.15) is 34.0 Å². The summed E-state index contributed by atoms with van der Waals surface area (Å²) in [6.45, 7) is 2.67. The van der Waals surface area contributed by atoms with Crippen molar-refractivity contribution in [1.82, 2.24) is 15.4 Å². The molecule has 0 aliphatic rings. The lowest BCUT2D eigenvalue weighted by atomic mass is 9.98. The average molecular weight is 420 g/mol. The average Bonchev–Trinajstić information content (AvgIpc) is 3.19. The molecule has 1 atom stereocenters. The van der Waals surface area contributed by atoms with Gasteiger partial charge in [-0.25, -0.2) is 4.79 Å². The number of ether oxygens (including phenoxy) is 1. The monoisotopic (exact) mass is 420 g/mol. The second-order valence-electron chi connectivity index (χ2n) is 6.71. The molecule has 0 amide bonds. The third-order valence-corrected chi connectivity index (χ3v) is 4.47. The minimum atomic E-state index is -4.48. The Morgan fingerprint density at radius 3 is 2.57 bits per heavy atom. The fraction of sp³-hybridized carbons (Fsp3) is 0.250. The maximum Gasteiger partial charge on any atom is 0.416 e. The van der Waals surface area contributed by atoms with Crippen molar-refractivity contribution in [1.29, 1.82) is 0 Å². The normalized spacial score (nSPS) is 12.4. The van der Waals surface area contributed by atoms with Crippen molar-refractivity contribution < 1.29 is 27.8 Å². The van der Waals surface area contributed by atoms with Gasteiger partial charge in [-0.05, 0) is 54.8 Å². The minimum absolute atomic E-state index is 0.126. The Kier molecular flexibility index (Phi) is 5.95. The van der Waals surface area contributed by atoms with Crippen LogP contribution in [-0.4, -0.2) is 33.1 Å². The van der Waals surface area contributed by atoms with Gasteiger partial charge in [0.2, 0.25) is 0 Å². The van der Waals surface area contributed by atoms with Gasteiger partial charge in [-0.1, -0.05) is 12.1 Å². The van der Waals surface area contributed by atoms with Crippen LogP contribution in [0.3, 0.4) is 0 Å². The van der Waals surface area contributed by atoms with Gasteiger partial charge in [-0.2, -0.15) is 28.6 Å². The van der Waals surface area contributed by atoms with Gasteiger partial charge in [-0.3, -0.25) is 0 Å². The number of H-pyrrole nitrogens is 1. The molecule has 0 spiro atoms. The second-order valence-corrected chi connectivity index (χ2v) is 6.71. The van der Waals surface area contributed by atoms with Gasteiger partial charge in [0.25, 0.3) is 0 Å². The number of carboxylic acids is 1. The molecular formula is C20H19F3N4O3. The smallest absolute Gasteiger partial charge is 0.416 e. The molecule has 1 aromatic heterocycles. The Labute approximate surface area is 169 Å². The van der Waals surface area contributed by atoms with E-state index < -0.39 is 30.4 Å². The van der Waals surface area contributed by atoms with Crippen LogP contribution in [-0.2, 0) is 11.0 Å². The lowest BCUT2D eigenvalue weighted by Crippen LogP contribution is -2.16. The van der Waals surface area contributed by atoms with Gasteiger partial charge in [0.1, 0.15) is 11.4 Å². The van der Waals surface area contributed by atoms with Crippen LogP contribution in [0, 0.1) is 13.8 Å². The number of alkyl halides is 3. The Morgan fingerprint density at radius 2 is 1.97 bits per heavy atom. The lowest BCUT2D eigenvalue weighted by molar-refractivity contribution is -0.139. The van der Waals surface area contributed by atoms with Crippen LogP contribution in [0.5, 0.6) is 5.75 Å². The molecule has 1 heterocycles. The summed E-state index contributed by atoms with van der Waals surface area (Å²) in [5, 5.41) is 22.2. The van der Waals surface area contributed by atoms with E-state index in [4.69, 9.17) is 9.84 Å². The van der Waals surface area contributed by atoms with E-state index in [0.717, 1.165) is 6.07 Å². The predicted molar refractivity (Wildman–Crippen MR) is 102 cm³/mol. The topological polar surface area (TPSA) is 100 Å². The van der Waals surface area contributed by atoms with E-state index in [1.807, 2.05) is 0 Å². The first-order valence-corrected chi connectivity index (χ1v) is 8.90. The molecule has 0 fully saturated rings. The molecule has 0 bridgehead atoms. The molecular weight excluding hydrogens is 401 g/mol. The summed E-state index contributed by atoms with van der Waals surface area (Å²) in [6, 6.07) is 8.37. The molecule has 1 unspecified atom stereocenters. The number of nitrogens with zero attached hydrogens (tertiary/aromatic N) is 2. The highest BCUT2D eigenvalue weighted by Crippen LogP contribution is 2.35. The summed E-state index contributed by atoms with van der Waals surface area (Å²) < 4.78 is 45.3. The first-order valence-electron chi connectivity index (χ1n) is 8.90. The minimum Gasteiger partial charge on any atom is -0.482 e. The van der Waals surface area contributed by atoms with Gasteiger partial charge in [0, 0.05) is 5.69 Å². The van der Waals surface area contributed by atoms with Crippen molar-refractivity contribution in [2.24, 2.45) is 0 Å². The van der Waals surface area contributed by atoms with Crippen LogP contribution in [0.2, 0.25) is 0 Å².